The van der Waals surface area contributed by atoms with Crippen molar-refractivity contribution in [3.63, 3.8) is 0 Å². The lowest BCUT2D eigenvalue weighted by atomic mass is 10.1. The summed E-state index contributed by atoms with van der Waals surface area (Å²) in [5.41, 5.74) is 3.26. The van der Waals surface area contributed by atoms with Crippen LogP contribution in [0.2, 0.25) is 0 Å². The maximum atomic E-state index is 4.95. The molecule has 20 heavy (non-hydrogen) atoms. The number of oxime groups is 1. The highest BCUT2D eigenvalue weighted by molar-refractivity contribution is 6.12. The second-order valence-corrected chi connectivity index (χ2v) is 4.25. The minimum absolute atomic E-state index is 0.673. The third-order valence-corrected chi connectivity index (χ3v) is 2.95. The van der Waals surface area contributed by atoms with Gasteiger partial charge >= 0.3 is 0 Å². The maximum Gasteiger partial charge on any atom is 0.137 e. The molecule has 0 unspecified atom stereocenters. The number of hydrogen-bond donors (Lipinski definition) is 0. The molecule has 0 bridgehead atoms. The van der Waals surface area contributed by atoms with E-state index >= 15 is 0 Å². The van der Waals surface area contributed by atoms with Crippen LogP contribution in [0, 0.1) is 0 Å². The number of para-hydroxylation sites is 1. The van der Waals surface area contributed by atoms with Crippen LogP contribution in [-0.2, 0) is 4.84 Å². The molecule has 0 N–H and O–H groups in total. The molecule has 2 heterocycles. The summed E-state index contributed by atoms with van der Waals surface area (Å²) < 4.78 is 0. The summed E-state index contributed by atoms with van der Waals surface area (Å²) in [4.78, 5) is 13.7. The lowest BCUT2D eigenvalue weighted by Crippen LogP contribution is -2.06. The molecule has 0 amide bonds. The summed E-state index contributed by atoms with van der Waals surface area (Å²) in [6.07, 6.45) is 3.52. The molecule has 0 aliphatic carbocycles. The number of fused-ring (bicyclic) bond motifs is 1. The largest absolute Gasteiger partial charge is 0.399 e. The van der Waals surface area contributed by atoms with Crippen LogP contribution >= 0.6 is 0 Å². The van der Waals surface area contributed by atoms with Gasteiger partial charge in [-0.3, -0.25) is 9.97 Å². The number of aromatic nitrogens is 2. The van der Waals surface area contributed by atoms with Crippen LogP contribution in [0.5, 0.6) is 0 Å². The van der Waals surface area contributed by atoms with Gasteiger partial charge in [0, 0.05) is 23.3 Å². The van der Waals surface area contributed by atoms with Gasteiger partial charge in [-0.15, -0.1) is 0 Å². The average Bonchev–Trinajstić information content (AvgIpc) is 2.53. The predicted octanol–water partition coefficient (Wildman–Crippen LogP) is 3.03. The highest BCUT2D eigenvalue weighted by Crippen LogP contribution is 2.15. The second kappa shape index (κ2) is 5.48. The van der Waals surface area contributed by atoms with Gasteiger partial charge in [-0.2, -0.15) is 0 Å². The van der Waals surface area contributed by atoms with Crippen molar-refractivity contribution >= 4 is 16.6 Å². The Morgan fingerprint density at radius 1 is 1.05 bits per heavy atom. The Bertz CT molecular complexity index is 754. The first kappa shape index (κ1) is 12.3. The standard InChI is InChI=1S/C16H13N3O/c1-20-19-16(15-8-4-5-9-17-15)13-10-12-6-2-3-7-14(12)18-11-13/h2-11H,1H3. The van der Waals surface area contributed by atoms with Gasteiger partial charge in [0.25, 0.3) is 0 Å². The van der Waals surface area contributed by atoms with E-state index < -0.39 is 0 Å². The van der Waals surface area contributed by atoms with Crippen LogP contribution in [0.15, 0.2) is 66.1 Å². The van der Waals surface area contributed by atoms with E-state index in [0.717, 1.165) is 22.2 Å². The van der Waals surface area contributed by atoms with E-state index in [2.05, 4.69) is 15.1 Å². The van der Waals surface area contributed by atoms with Crippen molar-refractivity contribution < 1.29 is 4.84 Å². The monoisotopic (exact) mass is 263 g/mol. The Hall–Kier alpha value is -2.75. The van der Waals surface area contributed by atoms with Crippen molar-refractivity contribution in [3.05, 3.63) is 72.2 Å². The fourth-order valence-corrected chi connectivity index (χ4v) is 2.04. The molecule has 0 radical (unpaired) electrons. The first-order chi connectivity index (χ1) is 9.88. The molecule has 0 fully saturated rings. The molecule has 0 aliphatic heterocycles. The number of nitrogens with zero attached hydrogens (tertiary/aromatic N) is 3. The third kappa shape index (κ3) is 2.36. The number of benzene rings is 1. The fourth-order valence-electron chi connectivity index (χ4n) is 2.04. The molecule has 3 aromatic rings. The topological polar surface area (TPSA) is 47.4 Å². The van der Waals surface area contributed by atoms with Gasteiger partial charge < -0.3 is 4.84 Å². The zero-order valence-electron chi connectivity index (χ0n) is 11.0. The van der Waals surface area contributed by atoms with E-state index in [1.54, 1.807) is 12.4 Å². The van der Waals surface area contributed by atoms with Crippen molar-refractivity contribution in [3.8, 4) is 0 Å². The van der Waals surface area contributed by atoms with E-state index in [1.165, 1.54) is 7.11 Å². The smallest absolute Gasteiger partial charge is 0.137 e. The fraction of sp³-hybridized carbons (Fsp3) is 0.0625. The first-order valence-corrected chi connectivity index (χ1v) is 6.26. The van der Waals surface area contributed by atoms with E-state index in [-0.39, 0.29) is 0 Å². The van der Waals surface area contributed by atoms with Crippen molar-refractivity contribution in [1.82, 2.24) is 9.97 Å². The lowest BCUT2D eigenvalue weighted by Gasteiger charge is -2.06. The quantitative estimate of drug-likeness (QED) is 0.539. The lowest BCUT2D eigenvalue weighted by molar-refractivity contribution is 0.214. The summed E-state index contributed by atoms with van der Waals surface area (Å²) >= 11 is 0. The van der Waals surface area contributed by atoms with Gasteiger partial charge in [0.05, 0.1) is 11.2 Å². The van der Waals surface area contributed by atoms with Crippen LogP contribution < -0.4 is 0 Å². The molecule has 0 spiro atoms. The van der Waals surface area contributed by atoms with E-state index in [1.807, 2.05) is 48.5 Å². The van der Waals surface area contributed by atoms with Crippen LogP contribution in [0.3, 0.4) is 0 Å². The summed E-state index contributed by atoms with van der Waals surface area (Å²) in [5.74, 6) is 0. The summed E-state index contributed by atoms with van der Waals surface area (Å²) in [6, 6.07) is 15.7. The van der Waals surface area contributed by atoms with Crippen LogP contribution in [0.25, 0.3) is 10.9 Å². The van der Waals surface area contributed by atoms with E-state index in [9.17, 15) is 0 Å². The normalized spacial score (nSPS) is 11.6. The van der Waals surface area contributed by atoms with Crippen LogP contribution in [0.4, 0.5) is 0 Å². The Morgan fingerprint density at radius 3 is 2.70 bits per heavy atom. The summed E-state index contributed by atoms with van der Waals surface area (Å²) in [7, 11) is 1.53. The summed E-state index contributed by atoms with van der Waals surface area (Å²) in [6.45, 7) is 0. The maximum absolute atomic E-state index is 4.95. The van der Waals surface area contributed by atoms with Crippen molar-refractivity contribution in [2.45, 2.75) is 0 Å². The molecule has 0 aliphatic rings. The molecular formula is C16H13N3O. The molecule has 4 heteroatoms. The van der Waals surface area contributed by atoms with Crippen molar-refractivity contribution in [2.75, 3.05) is 7.11 Å². The van der Waals surface area contributed by atoms with Gasteiger partial charge in [-0.25, -0.2) is 0 Å². The number of pyridine rings is 2. The van der Waals surface area contributed by atoms with E-state index in [4.69, 9.17) is 4.84 Å². The Labute approximate surface area is 116 Å². The molecule has 3 rings (SSSR count). The van der Waals surface area contributed by atoms with Gasteiger partial charge in [-0.05, 0) is 24.3 Å². The van der Waals surface area contributed by atoms with Crippen LogP contribution in [-0.4, -0.2) is 22.8 Å². The Morgan fingerprint density at radius 2 is 1.90 bits per heavy atom. The molecule has 2 aromatic heterocycles. The van der Waals surface area contributed by atoms with E-state index in [0.29, 0.717) is 5.71 Å². The molecular weight excluding hydrogens is 250 g/mol. The molecule has 0 atom stereocenters. The average molecular weight is 263 g/mol. The van der Waals surface area contributed by atoms with Crippen molar-refractivity contribution in [2.24, 2.45) is 5.16 Å². The molecule has 0 saturated heterocycles. The molecule has 4 nitrogen and oxygen atoms in total. The van der Waals surface area contributed by atoms with Crippen LogP contribution in [0.1, 0.15) is 11.3 Å². The SMILES string of the molecule is CON=C(c1cnc2ccccc2c1)c1ccccn1. The minimum atomic E-state index is 0.673. The van der Waals surface area contributed by atoms with Gasteiger partial charge in [0.15, 0.2) is 0 Å². The number of rotatable bonds is 3. The zero-order chi connectivity index (χ0) is 13.8. The van der Waals surface area contributed by atoms with Crippen molar-refractivity contribution in [1.29, 1.82) is 0 Å². The summed E-state index contributed by atoms with van der Waals surface area (Å²) in [5, 5.41) is 5.15. The highest BCUT2D eigenvalue weighted by atomic mass is 16.6. The molecule has 98 valence electrons. The number of hydrogen-bond acceptors (Lipinski definition) is 4. The van der Waals surface area contributed by atoms with Gasteiger partial charge in [0.1, 0.15) is 12.8 Å². The molecule has 1 aromatic carbocycles. The second-order valence-electron chi connectivity index (χ2n) is 4.25. The highest BCUT2D eigenvalue weighted by Gasteiger charge is 2.10. The van der Waals surface area contributed by atoms with Gasteiger partial charge in [0.2, 0.25) is 0 Å². The Kier molecular flexibility index (Phi) is 3.37. The minimum Gasteiger partial charge on any atom is -0.399 e. The molecule has 0 saturated carbocycles. The third-order valence-electron chi connectivity index (χ3n) is 2.95. The zero-order valence-corrected chi connectivity index (χ0v) is 11.0. The predicted molar refractivity (Wildman–Crippen MR) is 78.6 cm³/mol. The Balaban J connectivity index is 2.13. The first-order valence-electron chi connectivity index (χ1n) is 6.26. The van der Waals surface area contributed by atoms with Gasteiger partial charge in [-0.1, -0.05) is 29.4 Å².